The summed E-state index contributed by atoms with van der Waals surface area (Å²) in [5, 5.41) is 0. The summed E-state index contributed by atoms with van der Waals surface area (Å²) >= 11 is 0. The molecule has 0 fully saturated rings. The number of hydrogen-bond acceptors (Lipinski definition) is 18. The van der Waals surface area contributed by atoms with Gasteiger partial charge in [0.2, 0.25) is 62.4 Å². The molecular weight excluding hydrogens is 672 g/mol. The fourth-order valence-electron chi connectivity index (χ4n) is 0. The number of rotatable bonds is 0. The van der Waals surface area contributed by atoms with Crippen LogP contribution in [-0.4, -0.2) is 105 Å². The van der Waals surface area contributed by atoms with Crippen molar-refractivity contribution in [3.8, 4) is 0 Å². The van der Waals surface area contributed by atoms with E-state index in [1.807, 2.05) is 0 Å². The average Bonchev–Trinajstić information content (AvgIpc) is 1.94. The second kappa shape index (κ2) is 19.4. The van der Waals surface area contributed by atoms with Gasteiger partial charge in [0.15, 0.2) is 0 Å². The summed E-state index contributed by atoms with van der Waals surface area (Å²) in [6.45, 7) is 0. The van der Waals surface area contributed by atoms with Crippen molar-refractivity contribution >= 4 is 62.4 Å². The minimum Gasteiger partial charge on any atom is -0.726 e. The molecule has 24 nitrogen and oxygen atoms in total. The van der Waals surface area contributed by atoms with Gasteiger partial charge in [0.1, 0.15) is 0 Å². The minimum absolute atomic E-state index is 0. The van der Waals surface area contributed by atoms with Gasteiger partial charge in [-0.25, -0.2) is 50.5 Å². The molecule has 0 aliphatic carbocycles. The van der Waals surface area contributed by atoms with Crippen molar-refractivity contribution in [1.29, 1.82) is 0 Å². The maximum absolute atomic E-state index is 8.63. The van der Waals surface area contributed by atoms with Crippen LogP contribution in [0.2, 0.25) is 0 Å². The zero-order valence-electron chi connectivity index (χ0n) is 12.9. The standard InChI is InChI=1S/Mo.6H2O4S/c;6*1-5(2,3)4/h;6*(H2,1,2,3,4)/q+6;;;;;;/p-6. The van der Waals surface area contributed by atoms with E-state index in [0.717, 1.165) is 0 Å². The van der Waals surface area contributed by atoms with Gasteiger partial charge in [0.25, 0.3) is 0 Å². The van der Waals surface area contributed by atoms with Crippen LogP contribution in [0.15, 0.2) is 0 Å². The molecule has 0 spiro atoms. The van der Waals surface area contributed by atoms with Crippen LogP contribution < -0.4 is 0 Å². The Morgan fingerprint density at radius 3 is 0.290 bits per heavy atom. The number of hydrogen-bond donors (Lipinski definition) is 6. The first-order chi connectivity index (χ1) is 12.0. The summed E-state index contributed by atoms with van der Waals surface area (Å²) in [5.74, 6) is 0. The fourth-order valence-corrected chi connectivity index (χ4v) is 0. The largest absolute Gasteiger partial charge is 6.00 e. The summed E-state index contributed by atoms with van der Waals surface area (Å²) < 4.78 is 197. The van der Waals surface area contributed by atoms with Gasteiger partial charge < -0.3 is 27.3 Å². The summed E-state index contributed by atoms with van der Waals surface area (Å²) in [7, 11) is -29.5. The van der Waals surface area contributed by atoms with Gasteiger partial charge in [-0.1, -0.05) is 0 Å². The van der Waals surface area contributed by atoms with E-state index in [0.29, 0.717) is 0 Å². The Hall–Kier alpha value is -0.0917. The van der Waals surface area contributed by atoms with Gasteiger partial charge in [-0.05, 0) is 0 Å². The third kappa shape index (κ3) is 2770000. The zero-order valence-corrected chi connectivity index (χ0v) is 19.8. The molecule has 0 aliphatic rings. The molecule has 0 amide bonds. The molecule has 0 unspecified atom stereocenters. The summed E-state index contributed by atoms with van der Waals surface area (Å²) in [5.41, 5.74) is 0. The molecule has 0 rings (SSSR count). The van der Waals surface area contributed by atoms with Crippen molar-refractivity contribution in [1.82, 2.24) is 0 Å². The van der Waals surface area contributed by atoms with Crippen LogP contribution in [0.1, 0.15) is 0 Å². The van der Waals surface area contributed by atoms with Gasteiger partial charge in [-0.2, -0.15) is 0 Å². The van der Waals surface area contributed by atoms with Gasteiger partial charge >= 0.3 is 21.1 Å². The van der Waals surface area contributed by atoms with Crippen LogP contribution in [0.3, 0.4) is 0 Å². The molecule has 0 heterocycles. The van der Waals surface area contributed by atoms with Crippen LogP contribution >= 0.6 is 0 Å². The van der Waals surface area contributed by atoms with E-state index in [1.165, 1.54) is 0 Å². The first-order valence-corrected chi connectivity index (χ1v) is 12.3. The first-order valence-electron chi connectivity index (χ1n) is 4.10. The Bertz CT molecular complexity index is 760. The monoisotopic (exact) mass is 680 g/mol. The summed E-state index contributed by atoms with van der Waals surface area (Å²) in [4.78, 5) is 0. The Morgan fingerprint density at radius 2 is 0.290 bits per heavy atom. The summed E-state index contributed by atoms with van der Waals surface area (Å²) in [6, 6.07) is 0. The van der Waals surface area contributed by atoms with Gasteiger partial charge in [0.05, 0.1) is 0 Å². The Kier molecular flexibility index (Phi) is 30.2. The minimum atomic E-state index is -4.92. The molecule has 6 N–H and O–H groups in total. The van der Waals surface area contributed by atoms with Crippen LogP contribution in [0.4, 0.5) is 0 Å². The molecule has 0 atom stereocenters. The molecule has 0 aromatic carbocycles. The Morgan fingerprint density at radius 1 is 0.290 bits per heavy atom. The molecule has 0 aliphatic heterocycles. The molecule has 31 heteroatoms. The van der Waals surface area contributed by atoms with Gasteiger partial charge in [0, 0.05) is 0 Å². The van der Waals surface area contributed by atoms with Gasteiger partial charge in [-0.15, -0.1) is 0 Å². The normalized spacial score (nSPS) is 11.2. The third-order valence-corrected chi connectivity index (χ3v) is 0. The zero-order chi connectivity index (χ0) is 27.0. The molecule has 0 bridgehead atoms. The average molecular weight is 678 g/mol. The molecule has 0 aromatic rings. The molecule has 192 valence electrons. The molecule has 0 saturated carbocycles. The molecule has 31 heavy (non-hydrogen) atoms. The van der Waals surface area contributed by atoms with Crippen LogP contribution in [0.25, 0.3) is 0 Å². The predicted octanol–water partition coefficient (Wildman–Crippen LogP) is -5.97. The van der Waals surface area contributed by atoms with E-state index in [4.69, 9.17) is 105 Å². The van der Waals surface area contributed by atoms with Crippen molar-refractivity contribution in [2.75, 3.05) is 0 Å². The van der Waals surface area contributed by atoms with E-state index in [1.54, 1.807) is 0 Å². The smallest absolute Gasteiger partial charge is 0.726 e. The maximum atomic E-state index is 8.63. The maximum Gasteiger partial charge on any atom is 6.00 e. The van der Waals surface area contributed by atoms with E-state index in [2.05, 4.69) is 0 Å². The first kappa shape index (κ1) is 48.4. The third-order valence-electron chi connectivity index (χ3n) is 0. The quantitative estimate of drug-likeness (QED) is 0.0788. The summed E-state index contributed by atoms with van der Waals surface area (Å²) in [6.07, 6.45) is 0. The van der Waals surface area contributed by atoms with Crippen LogP contribution in [0.5, 0.6) is 0 Å². The van der Waals surface area contributed by atoms with Crippen LogP contribution in [-0.2, 0) is 83.5 Å². The Balaban J connectivity index is -0.0000000443. The SMILES string of the molecule is O=S(=O)([O-])O.O=S(=O)([O-])O.O=S(=O)([O-])O.O=S(=O)([O-])O.O=S(=O)([O-])O.O=S(=O)([O-])O.[Mo+6]. The fraction of sp³-hybridized carbons (Fsp3) is 0. The Labute approximate surface area is 188 Å². The van der Waals surface area contributed by atoms with E-state index in [9.17, 15) is 0 Å². The van der Waals surface area contributed by atoms with Crippen molar-refractivity contribution < 1.29 is 126 Å². The predicted molar refractivity (Wildman–Crippen MR) is 74.0 cm³/mol. The van der Waals surface area contributed by atoms with Crippen molar-refractivity contribution in [2.24, 2.45) is 0 Å². The topological polar surface area (TPSA) is 465 Å². The molecule has 0 radical (unpaired) electrons. The van der Waals surface area contributed by atoms with Crippen LogP contribution in [0, 0.1) is 0 Å². The van der Waals surface area contributed by atoms with Crippen molar-refractivity contribution in [2.45, 2.75) is 0 Å². The second-order valence-corrected chi connectivity index (χ2v) is 7.70. The van der Waals surface area contributed by atoms with Crippen molar-refractivity contribution in [3.63, 3.8) is 0 Å². The second-order valence-electron chi connectivity index (χ2n) is 2.57. The van der Waals surface area contributed by atoms with E-state index < -0.39 is 62.4 Å². The van der Waals surface area contributed by atoms with E-state index >= 15 is 0 Å². The molecular formula is H6MoO24S6. The molecule has 0 saturated heterocycles. The molecule has 0 aromatic heterocycles. The van der Waals surface area contributed by atoms with E-state index in [-0.39, 0.29) is 21.1 Å². The van der Waals surface area contributed by atoms with Crippen molar-refractivity contribution in [3.05, 3.63) is 0 Å². The van der Waals surface area contributed by atoms with Gasteiger partial charge in [-0.3, -0.25) is 27.3 Å².